The summed E-state index contributed by atoms with van der Waals surface area (Å²) in [5.41, 5.74) is 7.87. The summed E-state index contributed by atoms with van der Waals surface area (Å²) in [6, 6.07) is 11.3. The number of nitrogens with one attached hydrogen (secondary N) is 2. The summed E-state index contributed by atoms with van der Waals surface area (Å²) in [6.07, 6.45) is -3.15. The number of rotatable bonds is 6. The molecule has 1 saturated heterocycles. The van der Waals surface area contributed by atoms with Crippen LogP contribution in [0.5, 0.6) is 0 Å². The molecule has 0 bridgehead atoms. The fourth-order valence-corrected chi connectivity index (χ4v) is 3.55. The number of aliphatic hydroxyl groups excluding tert-OH is 1. The average Bonchev–Trinajstić information content (AvgIpc) is 2.79. The van der Waals surface area contributed by atoms with Crippen molar-refractivity contribution in [1.82, 2.24) is 4.90 Å². The molecule has 2 atom stereocenters. The zero-order chi connectivity index (χ0) is 24.3. The number of hydrogen-bond acceptors (Lipinski definition) is 6. The number of carbonyl (C=O) groups excluding carboxylic acids is 3. The highest BCUT2D eigenvalue weighted by Gasteiger charge is 2.40. The van der Waals surface area contributed by atoms with Gasteiger partial charge in [0.25, 0.3) is 17.7 Å². The Morgan fingerprint density at radius 3 is 2.52 bits per heavy atom. The van der Waals surface area contributed by atoms with Gasteiger partial charge in [-0.05, 0) is 48.9 Å². The highest BCUT2D eigenvalue weighted by atomic mass is 16.5. The fourth-order valence-electron chi connectivity index (χ4n) is 3.55. The number of aliphatic hydroxyl groups is 1. The molecule has 1 aliphatic rings. The van der Waals surface area contributed by atoms with Crippen molar-refractivity contribution in [3.8, 4) is 0 Å². The number of anilines is 2. The highest BCUT2D eigenvalue weighted by Crippen LogP contribution is 2.27. The van der Waals surface area contributed by atoms with Crippen LogP contribution >= 0.6 is 0 Å². The molecular formula is C23H27N5O5. The third-order valence-electron chi connectivity index (χ3n) is 5.37. The smallest absolute Gasteiger partial charge is 0.259 e. The minimum Gasteiger partial charge on any atom is -0.384 e. The molecule has 0 saturated carbocycles. The van der Waals surface area contributed by atoms with E-state index in [1.165, 1.54) is 21.9 Å². The molecule has 0 aliphatic carbocycles. The quantitative estimate of drug-likeness (QED) is 0.374. The van der Waals surface area contributed by atoms with Crippen LogP contribution in [0.1, 0.15) is 21.5 Å². The number of carbonyl (C=O) groups is 3. The van der Waals surface area contributed by atoms with Crippen molar-refractivity contribution in [2.75, 3.05) is 37.5 Å². The standard InChI is InChI=1S/C23H27N5O5/c1-13-16(22(31)27(2)3)5-4-6-17(13)28-11-12-33-19(23(28)32)18(29)21(30)26-15-9-7-14(8-10-15)20(24)25/h4-10,18-19,29H,11-12H2,1-3H3,(H3,24,25)(H,26,30)/t18?,19-/m1/s1. The number of benzene rings is 2. The zero-order valence-corrected chi connectivity index (χ0v) is 18.7. The second-order valence-corrected chi connectivity index (χ2v) is 7.86. The molecule has 3 amide bonds. The number of morpholine rings is 1. The van der Waals surface area contributed by atoms with Gasteiger partial charge in [-0.2, -0.15) is 0 Å². The number of nitrogens with zero attached hydrogens (tertiary/aromatic N) is 2. The van der Waals surface area contributed by atoms with E-state index in [-0.39, 0.29) is 24.9 Å². The molecule has 5 N–H and O–H groups in total. The second-order valence-electron chi connectivity index (χ2n) is 7.86. The number of ether oxygens (including phenoxy) is 1. The molecule has 3 rings (SSSR count). The molecule has 1 aliphatic heterocycles. The summed E-state index contributed by atoms with van der Waals surface area (Å²) in [5.74, 6) is -1.69. The lowest BCUT2D eigenvalue weighted by atomic mass is 10.0. The number of nitrogen functional groups attached to an aromatic ring is 1. The maximum Gasteiger partial charge on any atom is 0.259 e. The molecule has 2 aromatic carbocycles. The fraction of sp³-hybridized carbons (Fsp3) is 0.304. The first-order chi connectivity index (χ1) is 15.6. The van der Waals surface area contributed by atoms with E-state index in [4.69, 9.17) is 15.9 Å². The monoisotopic (exact) mass is 453 g/mol. The maximum absolute atomic E-state index is 13.1. The van der Waals surface area contributed by atoms with Gasteiger partial charge in [-0.3, -0.25) is 19.8 Å². The Morgan fingerprint density at radius 2 is 1.91 bits per heavy atom. The van der Waals surface area contributed by atoms with Crippen LogP contribution < -0.4 is 16.0 Å². The van der Waals surface area contributed by atoms with Crippen molar-refractivity contribution in [3.05, 3.63) is 59.2 Å². The molecule has 174 valence electrons. The van der Waals surface area contributed by atoms with Crippen LogP contribution in [0.4, 0.5) is 11.4 Å². The van der Waals surface area contributed by atoms with Crippen LogP contribution in [0.2, 0.25) is 0 Å². The predicted molar refractivity (Wildman–Crippen MR) is 123 cm³/mol. The molecule has 10 nitrogen and oxygen atoms in total. The number of amides is 3. The Morgan fingerprint density at radius 1 is 1.24 bits per heavy atom. The van der Waals surface area contributed by atoms with Gasteiger partial charge in [-0.25, -0.2) is 0 Å². The number of hydrogen-bond donors (Lipinski definition) is 4. The third kappa shape index (κ3) is 5.02. The molecule has 0 spiro atoms. The normalized spacial score (nSPS) is 16.8. The van der Waals surface area contributed by atoms with Gasteiger partial charge < -0.3 is 30.7 Å². The van der Waals surface area contributed by atoms with E-state index in [1.54, 1.807) is 51.4 Å². The predicted octanol–water partition coefficient (Wildman–Crippen LogP) is 0.712. The number of amidine groups is 1. The van der Waals surface area contributed by atoms with E-state index in [0.29, 0.717) is 28.1 Å². The highest BCUT2D eigenvalue weighted by molar-refractivity contribution is 6.05. The van der Waals surface area contributed by atoms with Crippen molar-refractivity contribution >= 4 is 34.9 Å². The summed E-state index contributed by atoms with van der Waals surface area (Å²) < 4.78 is 5.45. The largest absolute Gasteiger partial charge is 0.384 e. The average molecular weight is 453 g/mol. The Labute approximate surface area is 191 Å². The topological polar surface area (TPSA) is 149 Å². The zero-order valence-electron chi connectivity index (χ0n) is 18.7. The first-order valence-corrected chi connectivity index (χ1v) is 10.3. The summed E-state index contributed by atoms with van der Waals surface area (Å²) in [4.78, 5) is 41.1. The lowest BCUT2D eigenvalue weighted by Gasteiger charge is -2.35. The Hall–Kier alpha value is -3.76. The Bertz CT molecular complexity index is 1080. The van der Waals surface area contributed by atoms with Gasteiger partial charge in [-0.15, -0.1) is 0 Å². The van der Waals surface area contributed by atoms with E-state index in [2.05, 4.69) is 5.32 Å². The van der Waals surface area contributed by atoms with Crippen molar-refractivity contribution in [2.24, 2.45) is 5.73 Å². The SMILES string of the molecule is Cc1c(C(=O)N(C)C)cccc1N1CCO[C@H](C(O)C(=O)Nc2ccc(C(=N)N)cc2)C1=O. The first-order valence-electron chi connectivity index (χ1n) is 10.3. The van der Waals surface area contributed by atoms with Gasteiger partial charge in [0.15, 0.2) is 12.2 Å². The van der Waals surface area contributed by atoms with E-state index >= 15 is 0 Å². The van der Waals surface area contributed by atoms with Gasteiger partial charge >= 0.3 is 0 Å². The molecule has 2 aromatic rings. The molecule has 33 heavy (non-hydrogen) atoms. The van der Waals surface area contributed by atoms with Gasteiger partial charge in [0.2, 0.25) is 0 Å². The number of nitrogens with two attached hydrogens (primary N) is 1. The molecule has 1 heterocycles. The summed E-state index contributed by atoms with van der Waals surface area (Å²) in [6.45, 7) is 2.08. The van der Waals surface area contributed by atoms with E-state index in [9.17, 15) is 19.5 Å². The molecule has 1 unspecified atom stereocenters. The summed E-state index contributed by atoms with van der Waals surface area (Å²) in [7, 11) is 3.29. The van der Waals surface area contributed by atoms with Crippen molar-refractivity contribution < 1.29 is 24.2 Å². The van der Waals surface area contributed by atoms with Gasteiger partial charge in [0, 0.05) is 43.1 Å². The molecular weight excluding hydrogens is 426 g/mol. The first kappa shape index (κ1) is 23.9. The minimum atomic E-state index is -1.75. The maximum atomic E-state index is 13.1. The Balaban J connectivity index is 1.77. The molecule has 0 radical (unpaired) electrons. The van der Waals surface area contributed by atoms with Gasteiger partial charge in [0.05, 0.1) is 6.61 Å². The summed E-state index contributed by atoms with van der Waals surface area (Å²) in [5, 5.41) is 20.5. The van der Waals surface area contributed by atoms with Crippen molar-refractivity contribution in [2.45, 2.75) is 19.1 Å². The minimum absolute atomic E-state index is 0.110. The van der Waals surface area contributed by atoms with Crippen LogP contribution in [0.25, 0.3) is 0 Å². The second kappa shape index (κ2) is 9.80. The Kier molecular flexibility index (Phi) is 7.10. The van der Waals surface area contributed by atoms with E-state index < -0.39 is 24.0 Å². The third-order valence-corrected chi connectivity index (χ3v) is 5.37. The van der Waals surface area contributed by atoms with Gasteiger partial charge in [0.1, 0.15) is 5.84 Å². The van der Waals surface area contributed by atoms with E-state index in [0.717, 1.165) is 0 Å². The molecule has 0 aromatic heterocycles. The van der Waals surface area contributed by atoms with Crippen LogP contribution in [0.3, 0.4) is 0 Å². The summed E-state index contributed by atoms with van der Waals surface area (Å²) >= 11 is 0. The van der Waals surface area contributed by atoms with Crippen molar-refractivity contribution in [3.63, 3.8) is 0 Å². The molecule has 1 fully saturated rings. The van der Waals surface area contributed by atoms with Crippen molar-refractivity contribution in [1.29, 1.82) is 5.41 Å². The van der Waals surface area contributed by atoms with Crippen LogP contribution in [-0.4, -0.2) is 73.0 Å². The lowest BCUT2D eigenvalue weighted by Crippen LogP contribution is -2.55. The van der Waals surface area contributed by atoms with Crippen LogP contribution in [-0.2, 0) is 14.3 Å². The van der Waals surface area contributed by atoms with Gasteiger partial charge in [-0.1, -0.05) is 6.07 Å². The van der Waals surface area contributed by atoms with Crippen LogP contribution in [0.15, 0.2) is 42.5 Å². The van der Waals surface area contributed by atoms with Crippen LogP contribution in [0, 0.1) is 12.3 Å². The molecule has 10 heteroatoms. The van der Waals surface area contributed by atoms with E-state index in [1.807, 2.05) is 0 Å². The lowest BCUT2D eigenvalue weighted by molar-refractivity contribution is -0.150.